The lowest BCUT2D eigenvalue weighted by Gasteiger charge is -2.13. The molecule has 0 aliphatic carbocycles. The van der Waals surface area contributed by atoms with Gasteiger partial charge in [-0.25, -0.2) is 4.98 Å². The highest BCUT2D eigenvalue weighted by Gasteiger charge is 2.06. The highest BCUT2D eigenvalue weighted by molar-refractivity contribution is 7.09. The second-order valence-electron chi connectivity index (χ2n) is 4.79. The molecule has 0 bridgehead atoms. The van der Waals surface area contributed by atoms with Crippen molar-refractivity contribution in [2.75, 3.05) is 13.2 Å². The van der Waals surface area contributed by atoms with Crippen molar-refractivity contribution in [2.24, 2.45) is 0 Å². The van der Waals surface area contributed by atoms with Crippen LogP contribution in [0, 0.1) is 13.8 Å². The van der Waals surface area contributed by atoms with Crippen molar-refractivity contribution >= 4 is 11.3 Å². The molecule has 0 aliphatic rings. The van der Waals surface area contributed by atoms with E-state index in [1.54, 1.807) is 11.3 Å². The molecule has 108 valence electrons. The first-order valence-electron chi connectivity index (χ1n) is 6.63. The van der Waals surface area contributed by atoms with E-state index in [9.17, 15) is 5.11 Å². The van der Waals surface area contributed by atoms with Crippen LogP contribution in [0.25, 0.3) is 0 Å². The molecule has 0 aliphatic heterocycles. The van der Waals surface area contributed by atoms with Crippen molar-refractivity contribution < 1.29 is 9.84 Å². The van der Waals surface area contributed by atoms with Gasteiger partial charge in [-0.3, -0.25) is 0 Å². The fraction of sp³-hybridized carbons (Fsp3) is 0.400. The second-order valence-corrected chi connectivity index (χ2v) is 5.74. The second kappa shape index (κ2) is 7.38. The molecule has 0 fully saturated rings. The van der Waals surface area contributed by atoms with Gasteiger partial charge in [-0.2, -0.15) is 0 Å². The van der Waals surface area contributed by atoms with Crippen molar-refractivity contribution in [3.63, 3.8) is 0 Å². The molecule has 2 N–H and O–H groups in total. The van der Waals surface area contributed by atoms with Crippen LogP contribution >= 0.6 is 11.3 Å². The van der Waals surface area contributed by atoms with Crippen LogP contribution in [-0.2, 0) is 6.54 Å². The number of nitrogens with one attached hydrogen (secondary N) is 1. The number of hydrogen-bond acceptors (Lipinski definition) is 5. The highest BCUT2D eigenvalue weighted by atomic mass is 32.1. The summed E-state index contributed by atoms with van der Waals surface area (Å²) in [5, 5.41) is 16.1. The molecule has 2 aromatic rings. The van der Waals surface area contributed by atoms with Gasteiger partial charge in [0.2, 0.25) is 0 Å². The summed E-state index contributed by atoms with van der Waals surface area (Å²) in [6.07, 6.45) is -0.531. The molecule has 1 aromatic carbocycles. The number of aliphatic hydroxyl groups excluding tert-OH is 1. The summed E-state index contributed by atoms with van der Waals surface area (Å²) >= 11 is 1.63. The van der Waals surface area contributed by atoms with E-state index in [-0.39, 0.29) is 6.61 Å². The fourth-order valence-electron chi connectivity index (χ4n) is 1.79. The van der Waals surface area contributed by atoms with Gasteiger partial charge >= 0.3 is 0 Å². The topological polar surface area (TPSA) is 54.4 Å². The first-order valence-corrected chi connectivity index (χ1v) is 7.50. The van der Waals surface area contributed by atoms with Crippen molar-refractivity contribution in [1.29, 1.82) is 0 Å². The summed E-state index contributed by atoms with van der Waals surface area (Å²) < 4.78 is 5.55. The molecule has 0 amide bonds. The Hall–Kier alpha value is -1.43. The van der Waals surface area contributed by atoms with Gasteiger partial charge in [0.25, 0.3) is 0 Å². The summed E-state index contributed by atoms with van der Waals surface area (Å²) in [6, 6.07) is 7.81. The van der Waals surface area contributed by atoms with Crippen LogP contribution in [-0.4, -0.2) is 29.3 Å². The van der Waals surface area contributed by atoms with Crippen LogP contribution in [0.15, 0.2) is 29.6 Å². The summed E-state index contributed by atoms with van der Waals surface area (Å²) in [4.78, 5) is 4.35. The van der Waals surface area contributed by atoms with Gasteiger partial charge in [0.1, 0.15) is 23.5 Å². The molecule has 0 saturated heterocycles. The van der Waals surface area contributed by atoms with Crippen LogP contribution in [0.1, 0.15) is 16.3 Å². The van der Waals surface area contributed by atoms with Crippen LogP contribution < -0.4 is 10.1 Å². The van der Waals surface area contributed by atoms with Gasteiger partial charge in [-0.1, -0.05) is 12.1 Å². The molecule has 5 heteroatoms. The van der Waals surface area contributed by atoms with Crippen molar-refractivity contribution in [3.05, 3.63) is 45.9 Å². The number of aryl methyl sites for hydroxylation is 2. The van der Waals surface area contributed by atoms with E-state index in [4.69, 9.17) is 4.74 Å². The largest absolute Gasteiger partial charge is 0.491 e. The number of hydrogen-bond donors (Lipinski definition) is 2. The van der Waals surface area contributed by atoms with Crippen molar-refractivity contribution in [2.45, 2.75) is 26.5 Å². The number of benzene rings is 1. The van der Waals surface area contributed by atoms with Crippen LogP contribution in [0.4, 0.5) is 0 Å². The molecular weight excluding hydrogens is 272 g/mol. The first-order chi connectivity index (χ1) is 9.63. The van der Waals surface area contributed by atoms with Gasteiger partial charge in [-0.05, 0) is 31.5 Å². The number of aliphatic hydroxyl groups is 1. The van der Waals surface area contributed by atoms with E-state index in [2.05, 4.69) is 10.3 Å². The van der Waals surface area contributed by atoms with Crippen molar-refractivity contribution in [3.8, 4) is 5.75 Å². The molecule has 1 atom stereocenters. The Balaban J connectivity index is 1.66. The fourth-order valence-corrected chi connectivity index (χ4v) is 2.53. The highest BCUT2D eigenvalue weighted by Crippen LogP contribution is 2.12. The van der Waals surface area contributed by atoms with Gasteiger partial charge < -0.3 is 15.2 Å². The molecule has 20 heavy (non-hydrogen) atoms. The van der Waals surface area contributed by atoms with Crippen LogP contribution in [0.5, 0.6) is 5.75 Å². The Morgan fingerprint density at radius 3 is 2.95 bits per heavy atom. The number of aromatic nitrogens is 1. The predicted octanol–water partition coefficient (Wildman–Crippen LogP) is 2.29. The molecule has 4 nitrogen and oxygen atoms in total. The lowest BCUT2D eigenvalue weighted by atomic mass is 10.2. The normalized spacial score (nSPS) is 12.3. The number of ether oxygens (including phenoxy) is 1. The SMILES string of the molecule is Cc1cccc(OCC(O)CNCc2nc(C)cs2)c1. The minimum Gasteiger partial charge on any atom is -0.491 e. The average molecular weight is 292 g/mol. The Kier molecular flexibility index (Phi) is 5.52. The third-order valence-electron chi connectivity index (χ3n) is 2.75. The molecule has 0 spiro atoms. The zero-order chi connectivity index (χ0) is 14.4. The molecule has 1 heterocycles. The summed E-state index contributed by atoms with van der Waals surface area (Å²) in [7, 11) is 0. The Labute approximate surface area is 123 Å². The van der Waals surface area contributed by atoms with E-state index in [1.165, 1.54) is 0 Å². The molecule has 2 rings (SSSR count). The van der Waals surface area contributed by atoms with Gasteiger partial charge in [0.05, 0.1) is 0 Å². The lowest BCUT2D eigenvalue weighted by Crippen LogP contribution is -2.31. The zero-order valence-electron chi connectivity index (χ0n) is 11.8. The molecule has 1 unspecified atom stereocenters. The third kappa shape index (κ3) is 4.92. The van der Waals surface area contributed by atoms with E-state index in [0.29, 0.717) is 13.1 Å². The standard InChI is InChI=1S/C15H20N2O2S/c1-11-4-3-5-14(6-11)19-9-13(18)7-16-8-15-17-12(2)10-20-15/h3-6,10,13,16,18H,7-9H2,1-2H3. The first kappa shape index (κ1) is 15.0. The molecular formula is C15H20N2O2S. The summed E-state index contributed by atoms with van der Waals surface area (Å²) in [6.45, 7) is 5.45. The number of nitrogens with zero attached hydrogens (tertiary/aromatic N) is 1. The average Bonchev–Trinajstić information content (AvgIpc) is 2.82. The Morgan fingerprint density at radius 1 is 1.40 bits per heavy atom. The quantitative estimate of drug-likeness (QED) is 0.822. The van der Waals surface area contributed by atoms with E-state index >= 15 is 0 Å². The zero-order valence-corrected chi connectivity index (χ0v) is 12.6. The van der Waals surface area contributed by atoms with Crippen LogP contribution in [0.3, 0.4) is 0 Å². The Morgan fingerprint density at radius 2 is 2.25 bits per heavy atom. The Bertz CT molecular complexity index is 542. The summed E-state index contributed by atoms with van der Waals surface area (Å²) in [5.74, 6) is 0.791. The van der Waals surface area contributed by atoms with E-state index in [1.807, 2.05) is 43.5 Å². The van der Waals surface area contributed by atoms with Gasteiger partial charge in [-0.15, -0.1) is 11.3 Å². The predicted molar refractivity (Wildman–Crippen MR) is 81.2 cm³/mol. The monoisotopic (exact) mass is 292 g/mol. The van der Waals surface area contributed by atoms with Crippen LogP contribution in [0.2, 0.25) is 0 Å². The van der Waals surface area contributed by atoms with Gasteiger partial charge in [0, 0.05) is 24.2 Å². The third-order valence-corrected chi connectivity index (χ3v) is 3.72. The van der Waals surface area contributed by atoms with E-state index in [0.717, 1.165) is 22.0 Å². The minimum atomic E-state index is -0.531. The van der Waals surface area contributed by atoms with Crippen molar-refractivity contribution in [1.82, 2.24) is 10.3 Å². The maximum Gasteiger partial charge on any atom is 0.119 e. The lowest BCUT2D eigenvalue weighted by molar-refractivity contribution is 0.106. The van der Waals surface area contributed by atoms with E-state index < -0.39 is 6.10 Å². The van der Waals surface area contributed by atoms with Gasteiger partial charge in [0.15, 0.2) is 0 Å². The molecule has 0 radical (unpaired) electrons. The summed E-state index contributed by atoms with van der Waals surface area (Å²) in [5.41, 5.74) is 2.18. The molecule has 1 aromatic heterocycles. The number of thiazole rings is 1. The number of rotatable bonds is 7. The minimum absolute atomic E-state index is 0.285. The maximum absolute atomic E-state index is 9.86. The maximum atomic E-state index is 9.86. The molecule has 0 saturated carbocycles. The smallest absolute Gasteiger partial charge is 0.119 e.